The second-order valence-corrected chi connectivity index (χ2v) is 5.66. The van der Waals surface area contributed by atoms with E-state index < -0.39 is 0 Å². The standard InChI is InChI=1S/C16H26N4O/c1-4-6-8-15-17-16(21-18-15)14(3)20-12-10-19(11-13-20)9-7-5-2/h2,14H,4,6-13H2,1,3H3. The minimum atomic E-state index is 0.197. The minimum Gasteiger partial charge on any atom is -0.338 e. The first-order valence-corrected chi connectivity index (χ1v) is 7.97. The minimum absolute atomic E-state index is 0.197. The van der Waals surface area contributed by atoms with Gasteiger partial charge in [0.2, 0.25) is 5.89 Å². The summed E-state index contributed by atoms with van der Waals surface area (Å²) in [5.74, 6) is 4.29. The molecule has 1 unspecified atom stereocenters. The number of nitrogens with zero attached hydrogens (tertiary/aromatic N) is 4. The van der Waals surface area contributed by atoms with Gasteiger partial charge in [-0.25, -0.2) is 0 Å². The maximum absolute atomic E-state index is 5.43. The Morgan fingerprint density at radius 1 is 1.33 bits per heavy atom. The lowest BCUT2D eigenvalue weighted by Crippen LogP contribution is -2.47. The fourth-order valence-corrected chi connectivity index (χ4v) is 2.63. The molecule has 1 aromatic rings. The molecule has 0 amide bonds. The number of aryl methyl sites for hydroxylation is 1. The van der Waals surface area contributed by atoms with Crippen LogP contribution in [-0.2, 0) is 6.42 Å². The zero-order valence-corrected chi connectivity index (χ0v) is 13.2. The Bertz CT molecular complexity index is 457. The van der Waals surface area contributed by atoms with Crippen LogP contribution in [0.4, 0.5) is 0 Å². The van der Waals surface area contributed by atoms with Gasteiger partial charge in [0, 0.05) is 45.6 Å². The predicted molar refractivity (Wildman–Crippen MR) is 82.8 cm³/mol. The molecule has 0 saturated carbocycles. The number of aromatic nitrogens is 2. The van der Waals surface area contributed by atoms with E-state index in [1.165, 1.54) is 0 Å². The summed E-state index contributed by atoms with van der Waals surface area (Å²) in [6.07, 6.45) is 9.33. The lowest BCUT2D eigenvalue weighted by Gasteiger charge is -2.36. The van der Waals surface area contributed by atoms with Crippen molar-refractivity contribution in [2.75, 3.05) is 32.7 Å². The summed E-state index contributed by atoms with van der Waals surface area (Å²) in [4.78, 5) is 9.36. The summed E-state index contributed by atoms with van der Waals surface area (Å²) < 4.78 is 5.43. The molecule has 1 fully saturated rings. The van der Waals surface area contributed by atoms with Crippen molar-refractivity contribution in [3.05, 3.63) is 11.7 Å². The summed E-state index contributed by atoms with van der Waals surface area (Å²) in [7, 11) is 0. The maximum Gasteiger partial charge on any atom is 0.243 e. The monoisotopic (exact) mass is 290 g/mol. The third-order valence-corrected chi connectivity index (χ3v) is 4.12. The van der Waals surface area contributed by atoms with Gasteiger partial charge in [-0.3, -0.25) is 9.80 Å². The Balaban J connectivity index is 1.82. The van der Waals surface area contributed by atoms with Gasteiger partial charge in [-0.1, -0.05) is 18.5 Å². The molecule has 0 N–H and O–H groups in total. The zero-order valence-electron chi connectivity index (χ0n) is 13.2. The lowest BCUT2D eigenvalue weighted by molar-refractivity contribution is 0.0896. The first kappa shape index (κ1) is 16.0. The molecule has 0 spiro atoms. The fourth-order valence-electron chi connectivity index (χ4n) is 2.63. The van der Waals surface area contributed by atoms with E-state index in [9.17, 15) is 0 Å². The molecule has 2 heterocycles. The van der Waals surface area contributed by atoms with Gasteiger partial charge in [0.1, 0.15) is 0 Å². The molecule has 1 aliphatic heterocycles. The summed E-state index contributed by atoms with van der Waals surface area (Å²) in [5.41, 5.74) is 0. The molecule has 5 heteroatoms. The summed E-state index contributed by atoms with van der Waals surface area (Å²) in [6.45, 7) is 9.49. The van der Waals surface area contributed by atoms with Gasteiger partial charge in [-0.2, -0.15) is 4.98 Å². The average Bonchev–Trinajstić information content (AvgIpc) is 2.99. The van der Waals surface area contributed by atoms with Gasteiger partial charge < -0.3 is 4.52 Å². The first-order valence-electron chi connectivity index (χ1n) is 7.97. The molecule has 1 aromatic heterocycles. The van der Waals surface area contributed by atoms with E-state index in [1.807, 2.05) is 0 Å². The molecule has 21 heavy (non-hydrogen) atoms. The van der Waals surface area contributed by atoms with Crippen molar-refractivity contribution in [3.8, 4) is 12.3 Å². The van der Waals surface area contributed by atoms with Crippen molar-refractivity contribution in [3.63, 3.8) is 0 Å². The van der Waals surface area contributed by atoms with Crippen molar-refractivity contribution in [1.82, 2.24) is 19.9 Å². The lowest BCUT2D eigenvalue weighted by atomic mass is 10.2. The Morgan fingerprint density at radius 3 is 2.76 bits per heavy atom. The van der Waals surface area contributed by atoms with E-state index in [-0.39, 0.29) is 6.04 Å². The summed E-state index contributed by atoms with van der Waals surface area (Å²) >= 11 is 0. The van der Waals surface area contributed by atoms with Crippen LogP contribution < -0.4 is 0 Å². The van der Waals surface area contributed by atoms with Crippen molar-refractivity contribution in [1.29, 1.82) is 0 Å². The summed E-state index contributed by atoms with van der Waals surface area (Å²) in [5, 5.41) is 4.08. The van der Waals surface area contributed by atoms with Crippen molar-refractivity contribution in [2.24, 2.45) is 0 Å². The van der Waals surface area contributed by atoms with Crippen LogP contribution >= 0.6 is 0 Å². The molecule has 116 valence electrons. The van der Waals surface area contributed by atoms with E-state index in [4.69, 9.17) is 10.9 Å². The van der Waals surface area contributed by atoms with Gasteiger partial charge in [0.25, 0.3) is 0 Å². The number of unbranched alkanes of at least 4 members (excludes halogenated alkanes) is 1. The molecule has 0 radical (unpaired) electrons. The highest BCUT2D eigenvalue weighted by molar-refractivity contribution is 4.94. The van der Waals surface area contributed by atoms with Crippen molar-refractivity contribution < 1.29 is 4.52 Å². The van der Waals surface area contributed by atoms with Crippen LogP contribution in [0.3, 0.4) is 0 Å². The fraction of sp³-hybridized carbons (Fsp3) is 0.750. The first-order chi connectivity index (χ1) is 10.2. The second kappa shape index (κ2) is 8.16. The quantitative estimate of drug-likeness (QED) is 0.720. The van der Waals surface area contributed by atoms with E-state index >= 15 is 0 Å². The molecule has 0 aromatic carbocycles. The highest BCUT2D eigenvalue weighted by atomic mass is 16.5. The number of rotatable bonds is 7. The molecule has 1 atom stereocenters. The molecule has 2 rings (SSSR count). The van der Waals surface area contributed by atoms with E-state index in [1.54, 1.807) is 0 Å². The molecule has 1 aliphatic rings. The van der Waals surface area contributed by atoms with Gasteiger partial charge in [-0.05, 0) is 13.3 Å². The second-order valence-electron chi connectivity index (χ2n) is 5.66. The molecular weight excluding hydrogens is 264 g/mol. The van der Waals surface area contributed by atoms with Crippen LogP contribution in [0, 0.1) is 12.3 Å². The van der Waals surface area contributed by atoms with Gasteiger partial charge in [-0.15, -0.1) is 12.3 Å². The number of hydrogen-bond donors (Lipinski definition) is 0. The summed E-state index contributed by atoms with van der Waals surface area (Å²) in [6, 6.07) is 0.197. The van der Waals surface area contributed by atoms with Gasteiger partial charge >= 0.3 is 0 Å². The Kier molecular flexibility index (Phi) is 6.21. The van der Waals surface area contributed by atoms with Crippen LogP contribution in [0.5, 0.6) is 0 Å². The third kappa shape index (κ3) is 4.55. The van der Waals surface area contributed by atoms with E-state index in [2.05, 4.69) is 39.7 Å². The van der Waals surface area contributed by atoms with Gasteiger partial charge in [0.15, 0.2) is 5.82 Å². The van der Waals surface area contributed by atoms with Crippen LogP contribution in [-0.4, -0.2) is 52.7 Å². The van der Waals surface area contributed by atoms with Crippen LogP contribution in [0.2, 0.25) is 0 Å². The zero-order chi connectivity index (χ0) is 15.1. The normalized spacial score (nSPS) is 18.5. The van der Waals surface area contributed by atoms with E-state index in [0.29, 0.717) is 0 Å². The number of hydrogen-bond acceptors (Lipinski definition) is 5. The Labute approximate surface area is 127 Å². The number of terminal acetylenes is 1. The van der Waals surface area contributed by atoms with E-state index in [0.717, 1.165) is 70.1 Å². The highest BCUT2D eigenvalue weighted by Gasteiger charge is 2.25. The predicted octanol–water partition coefficient (Wildman–Crippen LogP) is 2.11. The topological polar surface area (TPSA) is 45.4 Å². The molecule has 0 aliphatic carbocycles. The van der Waals surface area contributed by atoms with Crippen LogP contribution in [0.25, 0.3) is 0 Å². The number of piperazine rings is 1. The third-order valence-electron chi connectivity index (χ3n) is 4.12. The molecule has 5 nitrogen and oxygen atoms in total. The van der Waals surface area contributed by atoms with Crippen molar-refractivity contribution in [2.45, 2.75) is 45.6 Å². The van der Waals surface area contributed by atoms with Crippen LogP contribution in [0.15, 0.2) is 4.52 Å². The molecule has 1 saturated heterocycles. The maximum atomic E-state index is 5.43. The Morgan fingerprint density at radius 2 is 2.10 bits per heavy atom. The highest BCUT2D eigenvalue weighted by Crippen LogP contribution is 2.20. The average molecular weight is 290 g/mol. The van der Waals surface area contributed by atoms with Gasteiger partial charge in [0.05, 0.1) is 6.04 Å². The Hall–Kier alpha value is -1.38. The largest absolute Gasteiger partial charge is 0.338 e. The molecular formula is C16H26N4O. The molecule has 0 bridgehead atoms. The smallest absolute Gasteiger partial charge is 0.243 e. The SMILES string of the molecule is C#CCCN1CCN(C(C)c2nc(CCCC)no2)CC1. The van der Waals surface area contributed by atoms with Crippen molar-refractivity contribution >= 4 is 0 Å². The van der Waals surface area contributed by atoms with Crippen LogP contribution in [0.1, 0.15) is 50.9 Å².